The van der Waals surface area contributed by atoms with Crippen LogP contribution in [0, 0.1) is 13.8 Å². The Kier molecular flexibility index (Phi) is 5.00. The van der Waals surface area contributed by atoms with Gasteiger partial charge < -0.3 is 4.57 Å². The number of hydrogen-bond acceptors (Lipinski definition) is 4. The fourth-order valence-electron chi connectivity index (χ4n) is 2.95. The van der Waals surface area contributed by atoms with Gasteiger partial charge in [0.15, 0.2) is 0 Å². The molecule has 2 aromatic rings. The summed E-state index contributed by atoms with van der Waals surface area (Å²) >= 11 is 0. The summed E-state index contributed by atoms with van der Waals surface area (Å²) in [6.45, 7) is 4.36. The van der Waals surface area contributed by atoms with Crippen LogP contribution in [-0.2, 0) is 27.1 Å². The van der Waals surface area contributed by atoms with Crippen molar-refractivity contribution in [3.05, 3.63) is 47.8 Å². The maximum Gasteiger partial charge on any atom is 0.244 e. The summed E-state index contributed by atoms with van der Waals surface area (Å²) in [5, 5.41) is 0. The second-order valence-corrected chi connectivity index (χ2v) is 10.4. The molecule has 9 heteroatoms. The number of piperazine rings is 1. The standard InChI is InChI=1S/C17H23N3O4S2/c1-14-4-5-16(12-15(14)2)25(21,22)19-8-10-20(11-9-19)26(23,24)17-6-7-18(3)13-17/h4-7,12-13H,8-11H2,1-3H3. The first-order valence-electron chi connectivity index (χ1n) is 8.32. The molecule has 1 fully saturated rings. The zero-order valence-electron chi connectivity index (χ0n) is 15.1. The van der Waals surface area contributed by atoms with Gasteiger partial charge in [-0.3, -0.25) is 0 Å². The zero-order valence-corrected chi connectivity index (χ0v) is 16.7. The highest BCUT2D eigenvalue weighted by Gasteiger charge is 2.34. The first-order valence-corrected chi connectivity index (χ1v) is 11.2. The van der Waals surface area contributed by atoms with Crippen molar-refractivity contribution in [2.75, 3.05) is 26.2 Å². The molecular weight excluding hydrogens is 374 g/mol. The van der Waals surface area contributed by atoms with E-state index in [9.17, 15) is 16.8 Å². The van der Waals surface area contributed by atoms with Crippen molar-refractivity contribution in [1.29, 1.82) is 0 Å². The van der Waals surface area contributed by atoms with Gasteiger partial charge >= 0.3 is 0 Å². The smallest absolute Gasteiger partial charge is 0.244 e. The third-order valence-corrected chi connectivity index (χ3v) is 8.53. The molecule has 0 spiro atoms. The third-order valence-electron chi connectivity index (χ3n) is 4.76. The average Bonchev–Trinajstić information content (AvgIpc) is 3.04. The summed E-state index contributed by atoms with van der Waals surface area (Å²) in [4.78, 5) is 0.477. The number of aromatic nitrogens is 1. The lowest BCUT2D eigenvalue weighted by Gasteiger charge is -2.33. The number of nitrogens with zero attached hydrogens (tertiary/aromatic N) is 3. The Morgan fingerprint density at radius 2 is 1.31 bits per heavy atom. The zero-order chi connectivity index (χ0) is 19.1. The van der Waals surface area contributed by atoms with Crippen LogP contribution >= 0.6 is 0 Å². The molecule has 3 rings (SSSR count). The van der Waals surface area contributed by atoms with Crippen molar-refractivity contribution in [1.82, 2.24) is 13.2 Å². The Balaban J connectivity index is 1.76. The minimum Gasteiger partial charge on any atom is -0.356 e. The van der Waals surface area contributed by atoms with Gasteiger partial charge in [-0.05, 0) is 43.2 Å². The van der Waals surface area contributed by atoms with E-state index in [-0.39, 0.29) is 36.0 Å². The molecule has 0 N–H and O–H groups in total. The van der Waals surface area contributed by atoms with Gasteiger partial charge in [0.25, 0.3) is 0 Å². The van der Waals surface area contributed by atoms with E-state index < -0.39 is 20.0 Å². The predicted molar refractivity (Wildman–Crippen MR) is 98.8 cm³/mol. The number of aryl methyl sites for hydroxylation is 3. The highest BCUT2D eigenvalue weighted by molar-refractivity contribution is 7.89. The Morgan fingerprint density at radius 3 is 1.77 bits per heavy atom. The van der Waals surface area contributed by atoms with Crippen molar-refractivity contribution in [3.8, 4) is 0 Å². The number of rotatable bonds is 4. The summed E-state index contributed by atoms with van der Waals surface area (Å²) in [6, 6.07) is 6.61. The normalized spacial score (nSPS) is 17.5. The molecule has 0 amide bonds. The quantitative estimate of drug-likeness (QED) is 0.780. The van der Waals surface area contributed by atoms with E-state index in [1.807, 2.05) is 13.8 Å². The van der Waals surface area contributed by atoms with Crippen molar-refractivity contribution in [2.45, 2.75) is 23.6 Å². The van der Waals surface area contributed by atoms with E-state index >= 15 is 0 Å². The van der Waals surface area contributed by atoms with Crippen LogP contribution in [0.2, 0.25) is 0 Å². The molecule has 1 aromatic heterocycles. The summed E-state index contributed by atoms with van der Waals surface area (Å²) in [5.74, 6) is 0. The van der Waals surface area contributed by atoms with Gasteiger partial charge in [-0.1, -0.05) is 6.07 Å². The predicted octanol–water partition coefficient (Wildman–Crippen LogP) is 1.34. The van der Waals surface area contributed by atoms with Gasteiger partial charge in [0.1, 0.15) is 0 Å². The van der Waals surface area contributed by atoms with Crippen LogP contribution in [0.25, 0.3) is 0 Å². The van der Waals surface area contributed by atoms with Crippen molar-refractivity contribution in [2.24, 2.45) is 7.05 Å². The minimum absolute atomic E-state index is 0.140. The topological polar surface area (TPSA) is 79.7 Å². The van der Waals surface area contributed by atoms with E-state index in [1.54, 1.807) is 48.3 Å². The SMILES string of the molecule is Cc1ccc(S(=O)(=O)N2CCN(S(=O)(=O)c3ccn(C)c3)CC2)cc1C. The second-order valence-electron chi connectivity index (χ2n) is 6.57. The maximum atomic E-state index is 12.8. The monoisotopic (exact) mass is 397 g/mol. The van der Waals surface area contributed by atoms with Gasteiger partial charge in [-0.15, -0.1) is 0 Å². The van der Waals surface area contributed by atoms with Gasteiger partial charge in [-0.2, -0.15) is 8.61 Å². The molecule has 0 aliphatic carbocycles. The number of benzene rings is 1. The molecular formula is C17H23N3O4S2. The maximum absolute atomic E-state index is 12.8. The van der Waals surface area contributed by atoms with Gasteiger partial charge in [0.2, 0.25) is 20.0 Å². The molecule has 7 nitrogen and oxygen atoms in total. The largest absolute Gasteiger partial charge is 0.356 e. The number of sulfonamides is 2. The summed E-state index contributed by atoms with van der Waals surface area (Å²) in [7, 11) is -5.46. The van der Waals surface area contributed by atoms with Gasteiger partial charge in [-0.25, -0.2) is 16.8 Å². The molecule has 0 saturated carbocycles. The molecule has 0 bridgehead atoms. The summed E-state index contributed by atoms with van der Waals surface area (Å²) in [6.07, 6.45) is 3.22. The molecule has 0 radical (unpaired) electrons. The van der Waals surface area contributed by atoms with E-state index in [4.69, 9.17) is 0 Å². The second kappa shape index (κ2) is 6.80. The highest BCUT2D eigenvalue weighted by Crippen LogP contribution is 2.23. The summed E-state index contributed by atoms with van der Waals surface area (Å²) in [5.41, 5.74) is 1.94. The fraction of sp³-hybridized carbons (Fsp3) is 0.412. The van der Waals surface area contributed by atoms with Crippen molar-refractivity contribution >= 4 is 20.0 Å². The van der Waals surface area contributed by atoms with Crippen LogP contribution in [0.3, 0.4) is 0 Å². The van der Waals surface area contributed by atoms with Gasteiger partial charge in [0.05, 0.1) is 9.79 Å². The first-order chi connectivity index (χ1) is 12.1. The van der Waals surface area contributed by atoms with Crippen LogP contribution in [-0.4, -0.2) is 56.2 Å². The van der Waals surface area contributed by atoms with E-state index in [0.29, 0.717) is 0 Å². The molecule has 1 aromatic carbocycles. The first kappa shape index (κ1) is 19.1. The Labute approximate surface area is 154 Å². The van der Waals surface area contributed by atoms with Crippen LogP contribution in [0.4, 0.5) is 0 Å². The van der Waals surface area contributed by atoms with E-state index in [1.165, 1.54) is 8.61 Å². The molecule has 0 unspecified atom stereocenters. The molecule has 26 heavy (non-hydrogen) atoms. The lowest BCUT2D eigenvalue weighted by molar-refractivity contribution is 0.273. The van der Waals surface area contributed by atoms with Gasteiger partial charge in [0, 0.05) is 45.6 Å². The van der Waals surface area contributed by atoms with Crippen LogP contribution in [0.15, 0.2) is 46.5 Å². The summed E-state index contributed by atoms with van der Waals surface area (Å²) < 4.78 is 55.3. The number of hydrogen-bond donors (Lipinski definition) is 0. The lowest BCUT2D eigenvalue weighted by Crippen LogP contribution is -2.50. The molecule has 1 saturated heterocycles. The van der Waals surface area contributed by atoms with E-state index in [0.717, 1.165) is 11.1 Å². The fourth-order valence-corrected chi connectivity index (χ4v) is 5.94. The lowest BCUT2D eigenvalue weighted by atomic mass is 10.1. The molecule has 142 valence electrons. The minimum atomic E-state index is -3.62. The van der Waals surface area contributed by atoms with Crippen molar-refractivity contribution < 1.29 is 16.8 Å². The average molecular weight is 398 g/mol. The van der Waals surface area contributed by atoms with Crippen LogP contribution in [0.5, 0.6) is 0 Å². The van der Waals surface area contributed by atoms with E-state index in [2.05, 4.69) is 0 Å². The molecule has 1 aliphatic rings. The van der Waals surface area contributed by atoms with Crippen LogP contribution in [0.1, 0.15) is 11.1 Å². The highest BCUT2D eigenvalue weighted by atomic mass is 32.2. The Hall–Kier alpha value is -1.68. The Morgan fingerprint density at radius 1 is 0.769 bits per heavy atom. The molecule has 2 heterocycles. The Bertz CT molecular complexity index is 1020. The van der Waals surface area contributed by atoms with Crippen molar-refractivity contribution in [3.63, 3.8) is 0 Å². The molecule has 1 aliphatic heterocycles. The third kappa shape index (κ3) is 3.44. The van der Waals surface area contributed by atoms with Crippen LogP contribution < -0.4 is 0 Å². The molecule has 0 atom stereocenters.